The first-order valence-corrected chi connectivity index (χ1v) is 12.1. The Kier molecular flexibility index (Phi) is 5.98. The average molecular weight is 479 g/mol. The zero-order valence-electron chi connectivity index (χ0n) is 16.5. The number of hydrogen-bond acceptors (Lipinski definition) is 6. The molecule has 1 saturated heterocycles. The van der Waals surface area contributed by atoms with E-state index in [0.29, 0.717) is 10.7 Å². The van der Waals surface area contributed by atoms with Crippen molar-refractivity contribution >= 4 is 60.5 Å². The van der Waals surface area contributed by atoms with Gasteiger partial charge in [0.1, 0.15) is 10.3 Å². The Morgan fingerprint density at radius 1 is 1.19 bits per heavy atom. The van der Waals surface area contributed by atoms with Gasteiger partial charge >= 0.3 is 0 Å². The van der Waals surface area contributed by atoms with Gasteiger partial charge in [-0.3, -0.25) is 14.6 Å². The highest BCUT2D eigenvalue weighted by molar-refractivity contribution is 7.91. The smallest absolute Gasteiger partial charge is 0.253 e. The lowest BCUT2D eigenvalue weighted by Gasteiger charge is -2.36. The first kappa shape index (κ1) is 21.7. The van der Waals surface area contributed by atoms with E-state index in [1.807, 2.05) is 0 Å². The molecule has 0 radical (unpaired) electrons. The summed E-state index contributed by atoms with van der Waals surface area (Å²) >= 11 is 7.11. The summed E-state index contributed by atoms with van der Waals surface area (Å²) in [6, 6.07) is 9.33. The third-order valence-corrected chi connectivity index (χ3v) is 8.70. The Bertz CT molecular complexity index is 1250. The molecule has 1 aliphatic rings. The van der Waals surface area contributed by atoms with Gasteiger partial charge in [-0.15, -0.1) is 11.3 Å². The lowest BCUT2D eigenvalue weighted by molar-refractivity contribution is -0.140. The summed E-state index contributed by atoms with van der Waals surface area (Å²) in [5, 5.41) is 4.04. The number of nitrogens with one attached hydrogen (secondary N) is 1. The normalized spacial score (nSPS) is 16.5. The molecule has 1 atom stereocenters. The Balaban J connectivity index is 1.46. The van der Waals surface area contributed by atoms with Crippen LogP contribution in [0.15, 0.2) is 53.0 Å². The largest absolute Gasteiger partial charge is 0.328 e. The number of thiophene rings is 1. The van der Waals surface area contributed by atoms with E-state index >= 15 is 0 Å². The topological polar surface area (TPSA) is 99.7 Å². The molecule has 1 unspecified atom stereocenters. The van der Waals surface area contributed by atoms with Gasteiger partial charge in [0, 0.05) is 40.9 Å². The quantitative estimate of drug-likeness (QED) is 0.607. The van der Waals surface area contributed by atoms with Crippen molar-refractivity contribution in [3.63, 3.8) is 0 Å². The first-order chi connectivity index (χ1) is 14.8. The second-order valence-corrected chi connectivity index (χ2v) is 10.8. The van der Waals surface area contributed by atoms with E-state index in [9.17, 15) is 18.0 Å². The van der Waals surface area contributed by atoms with Crippen LogP contribution in [0.2, 0.25) is 5.02 Å². The Morgan fingerprint density at radius 3 is 2.65 bits per heavy atom. The molecule has 8 nitrogen and oxygen atoms in total. The van der Waals surface area contributed by atoms with E-state index in [0.717, 1.165) is 25.7 Å². The summed E-state index contributed by atoms with van der Waals surface area (Å²) in [7, 11) is -3.83. The first-order valence-electron chi connectivity index (χ1n) is 9.45. The van der Waals surface area contributed by atoms with Crippen molar-refractivity contribution in [2.75, 3.05) is 25.0 Å². The van der Waals surface area contributed by atoms with Crippen molar-refractivity contribution in [2.45, 2.75) is 17.2 Å². The van der Waals surface area contributed by atoms with Crippen molar-refractivity contribution in [1.82, 2.24) is 14.2 Å². The molecule has 1 aromatic carbocycles. The molecule has 1 fully saturated rings. The van der Waals surface area contributed by atoms with E-state index in [4.69, 9.17) is 11.6 Å². The maximum Gasteiger partial charge on any atom is 0.253 e. The molecule has 1 aliphatic heterocycles. The standard InChI is InChI=1S/C20H19ClN4O4S2/c1-13(20(27)23-16-4-6-22-7-5-16)25-9-8-24(12-18(25)26)31(28,29)19-10-14-2-3-15(21)11-17(14)30-19/h2-7,10-11,13H,8-9,12H2,1H3,(H,22,23,27). The van der Waals surface area contributed by atoms with Crippen LogP contribution in [-0.4, -0.2) is 60.1 Å². The fraction of sp³-hybridized carbons (Fsp3) is 0.250. The maximum atomic E-state index is 13.1. The monoisotopic (exact) mass is 478 g/mol. The molecule has 31 heavy (non-hydrogen) atoms. The van der Waals surface area contributed by atoms with Gasteiger partial charge in [0.15, 0.2) is 0 Å². The maximum absolute atomic E-state index is 13.1. The van der Waals surface area contributed by atoms with Crippen LogP contribution < -0.4 is 5.32 Å². The van der Waals surface area contributed by atoms with Crippen LogP contribution in [0, 0.1) is 0 Å². The molecule has 3 heterocycles. The fourth-order valence-electron chi connectivity index (χ4n) is 3.34. The molecule has 2 aromatic heterocycles. The molecule has 2 amide bonds. The van der Waals surface area contributed by atoms with Crippen LogP contribution in [0.1, 0.15) is 6.92 Å². The summed E-state index contributed by atoms with van der Waals surface area (Å²) in [4.78, 5) is 30.5. The number of piperazine rings is 1. The summed E-state index contributed by atoms with van der Waals surface area (Å²) < 4.78 is 28.3. The number of aromatic nitrogens is 1. The van der Waals surface area contributed by atoms with Crippen LogP contribution in [0.5, 0.6) is 0 Å². The average Bonchev–Trinajstić information content (AvgIpc) is 3.18. The van der Waals surface area contributed by atoms with Crippen molar-refractivity contribution in [2.24, 2.45) is 0 Å². The third-order valence-electron chi connectivity index (χ3n) is 5.07. The molecule has 0 bridgehead atoms. The fourth-order valence-corrected chi connectivity index (χ4v) is 6.55. The van der Waals surface area contributed by atoms with Gasteiger partial charge in [0.2, 0.25) is 11.8 Å². The minimum absolute atomic E-state index is 0.107. The number of rotatable bonds is 5. The van der Waals surface area contributed by atoms with E-state index in [2.05, 4.69) is 10.3 Å². The molecule has 162 valence electrons. The number of anilines is 1. The van der Waals surface area contributed by atoms with E-state index in [-0.39, 0.29) is 29.8 Å². The molecule has 4 rings (SSSR count). The molecule has 3 aromatic rings. The van der Waals surface area contributed by atoms with Gasteiger partial charge in [0.05, 0.1) is 6.54 Å². The van der Waals surface area contributed by atoms with E-state index in [1.54, 1.807) is 55.7 Å². The summed E-state index contributed by atoms with van der Waals surface area (Å²) in [6.45, 7) is 1.54. The summed E-state index contributed by atoms with van der Waals surface area (Å²) in [6.07, 6.45) is 3.11. The van der Waals surface area contributed by atoms with Crippen LogP contribution >= 0.6 is 22.9 Å². The molecule has 0 aliphatic carbocycles. The second kappa shape index (κ2) is 8.54. The summed E-state index contributed by atoms with van der Waals surface area (Å²) in [5.41, 5.74) is 0.574. The zero-order chi connectivity index (χ0) is 22.2. The number of sulfonamides is 1. The van der Waals surface area contributed by atoms with E-state index < -0.39 is 22.0 Å². The molecule has 11 heteroatoms. The predicted octanol–water partition coefficient (Wildman–Crippen LogP) is 2.81. The number of halogens is 1. The van der Waals surface area contributed by atoms with Crippen molar-refractivity contribution in [3.05, 3.63) is 53.8 Å². The van der Waals surface area contributed by atoms with Gasteiger partial charge in [-0.05, 0) is 42.6 Å². The van der Waals surface area contributed by atoms with Gasteiger partial charge in [-0.25, -0.2) is 8.42 Å². The molecular formula is C20H19ClN4O4S2. The molecular weight excluding hydrogens is 460 g/mol. The Hall–Kier alpha value is -2.53. The second-order valence-electron chi connectivity index (χ2n) is 7.07. The number of carbonyl (C=O) groups is 2. The number of fused-ring (bicyclic) bond motifs is 1. The minimum Gasteiger partial charge on any atom is -0.328 e. The highest BCUT2D eigenvalue weighted by Crippen LogP contribution is 2.33. The van der Waals surface area contributed by atoms with Gasteiger partial charge in [0.25, 0.3) is 10.0 Å². The predicted molar refractivity (Wildman–Crippen MR) is 120 cm³/mol. The lowest BCUT2D eigenvalue weighted by Crippen LogP contribution is -2.57. The van der Waals surface area contributed by atoms with Crippen LogP contribution in [0.3, 0.4) is 0 Å². The highest BCUT2D eigenvalue weighted by Gasteiger charge is 2.37. The number of nitrogens with zero attached hydrogens (tertiary/aromatic N) is 3. The Morgan fingerprint density at radius 2 is 1.94 bits per heavy atom. The van der Waals surface area contributed by atoms with Crippen LogP contribution in [0.4, 0.5) is 5.69 Å². The van der Waals surface area contributed by atoms with Gasteiger partial charge in [-0.2, -0.15) is 4.31 Å². The van der Waals surface area contributed by atoms with Gasteiger partial charge in [-0.1, -0.05) is 17.7 Å². The SMILES string of the molecule is CC(C(=O)Nc1ccncc1)N1CCN(S(=O)(=O)c2cc3ccc(Cl)cc3s2)CC1=O. The van der Waals surface area contributed by atoms with Crippen molar-refractivity contribution in [3.8, 4) is 0 Å². The third kappa shape index (κ3) is 4.42. The zero-order valence-corrected chi connectivity index (χ0v) is 18.9. The number of benzene rings is 1. The molecule has 0 saturated carbocycles. The van der Waals surface area contributed by atoms with Crippen molar-refractivity contribution < 1.29 is 18.0 Å². The van der Waals surface area contributed by atoms with Crippen LogP contribution in [0.25, 0.3) is 10.1 Å². The number of amides is 2. The summed E-state index contributed by atoms with van der Waals surface area (Å²) in [5.74, 6) is -0.770. The van der Waals surface area contributed by atoms with Crippen LogP contribution in [-0.2, 0) is 19.6 Å². The molecule has 0 spiro atoms. The van der Waals surface area contributed by atoms with Crippen molar-refractivity contribution in [1.29, 1.82) is 0 Å². The lowest BCUT2D eigenvalue weighted by atomic mass is 10.2. The minimum atomic E-state index is -3.83. The highest BCUT2D eigenvalue weighted by atomic mass is 35.5. The number of carbonyl (C=O) groups excluding carboxylic acids is 2. The Labute approximate surface area is 188 Å². The van der Waals surface area contributed by atoms with Gasteiger partial charge < -0.3 is 10.2 Å². The number of hydrogen-bond donors (Lipinski definition) is 1. The van der Waals surface area contributed by atoms with E-state index in [1.165, 1.54) is 4.90 Å². The molecule has 1 N–H and O–H groups in total. The number of pyridine rings is 1.